The van der Waals surface area contributed by atoms with Crippen LogP contribution in [0.15, 0.2) is 47.4 Å². The number of ether oxygens (including phenoxy) is 2. The molecule has 1 aromatic rings. The van der Waals surface area contributed by atoms with Gasteiger partial charge in [-0.15, -0.1) is 0 Å². The fraction of sp³-hybridized carbons (Fsp3) is 0.625. The minimum Gasteiger partial charge on any atom is -0.744 e. The first kappa shape index (κ1) is 40.2. The quantitative estimate of drug-likeness (QED) is 0.0539. The van der Waals surface area contributed by atoms with Gasteiger partial charge in [0, 0.05) is 0 Å². The molecule has 9 heteroatoms. The van der Waals surface area contributed by atoms with Gasteiger partial charge in [0.15, 0.2) is 0 Å². The maximum Gasteiger partial charge on any atom is 1.00 e. The summed E-state index contributed by atoms with van der Waals surface area (Å²) in [6.45, 7) is 4.39. The summed E-state index contributed by atoms with van der Waals surface area (Å²) >= 11 is 0. The predicted octanol–water partition coefficient (Wildman–Crippen LogP) is 5.30. The largest absolute Gasteiger partial charge is 1.00 e. The minimum absolute atomic E-state index is 0. The van der Waals surface area contributed by atoms with Crippen molar-refractivity contribution in [1.29, 1.82) is 0 Å². The zero-order valence-electron chi connectivity index (χ0n) is 25.5. The molecule has 7 nitrogen and oxygen atoms in total. The third-order valence-electron chi connectivity index (χ3n) is 6.62. The fourth-order valence-electron chi connectivity index (χ4n) is 4.24. The van der Waals surface area contributed by atoms with Crippen LogP contribution in [0.5, 0.6) is 0 Å². The van der Waals surface area contributed by atoms with Crippen molar-refractivity contribution in [2.24, 2.45) is 0 Å². The SMILES string of the molecule is CCCCCCCCC/C=C/COC(=O)c1ccc(S(=O)(=O)[O-])cc1C(=O)OC/C=C/CCCCCCCCC.[K+]. The summed E-state index contributed by atoms with van der Waals surface area (Å²) in [4.78, 5) is 24.7. The van der Waals surface area contributed by atoms with Gasteiger partial charge in [0.05, 0.1) is 16.0 Å². The summed E-state index contributed by atoms with van der Waals surface area (Å²) < 4.78 is 44.9. The second-order valence-electron chi connectivity index (χ2n) is 10.1. The van der Waals surface area contributed by atoms with E-state index >= 15 is 0 Å². The maximum absolute atomic E-state index is 12.7. The topological polar surface area (TPSA) is 110 Å². The van der Waals surface area contributed by atoms with Crippen LogP contribution in [0.1, 0.15) is 137 Å². The van der Waals surface area contributed by atoms with Crippen molar-refractivity contribution in [2.45, 2.75) is 121 Å². The number of carbonyl (C=O) groups excluding carboxylic acids is 2. The molecule has 0 aliphatic heterocycles. The van der Waals surface area contributed by atoms with Gasteiger partial charge in [-0.1, -0.05) is 115 Å². The molecule has 0 N–H and O–H groups in total. The number of hydrogen-bond donors (Lipinski definition) is 0. The van der Waals surface area contributed by atoms with Crippen molar-refractivity contribution in [2.75, 3.05) is 13.2 Å². The molecule has 0 atom stereocenters. The van der Waals surface area contributed by atoms with E-state index in [1.54, 1.807) is 12.2 Å². The molecule has 0 amide bonds. The fourth-order valence-corrected chi connectivity index (χ4v) is 4.74. The van der Waals surface area contributed by atoms with Crippen molar-refractivity contribution in [1.82, 2.24) is 0 Å². The first-order valence-corrected chi connectivity index (χ1v) is 16.5. The summed E-state index contributed by atoms with van der Waals surface area (Å²) in [7, 11) is -4.82. The molecule has 0 fully saturated rings. The van der Waals surface area contributed by atoms with Crippen LogP contribution in [0.2, 0.25) is 0 Å². The van der Waals surface area contributed by atoms with Gasteiger partial charge in [0.25, 0.3) is 0 Å². The number of esters is 2. The van der Waals surface area contributed by atoms with Crippen molar-refractivity contribution in [3.8, 4) is 0 Å². The smallest absolute Gasteiger partial charge is 0.744 e. The summed E-state index contributed by atoms with van der Waals surface area (Å²) in [5.41, 5.74) is -0.459. The van der Waals surface area contributed by atoms with E-state index in [-0.39, 0.29) is 75.7 Å². The van der Waals surface area contributed by atoms with Gasteiger partial charge < -0.3 is 14.0 Å². The van der Waals surface area contributed by atoms with E-state index in [1.807, 2.05) is 12.2 Å². The molecule has 0 aliphatic carbocycles. The molecule has 0 spiro atoms. The molecule has 0 saturated heterocycles. The number of hydrogen-bond acceptors (Lipinski definition) is 7. The second-order valence-corrected chi connectivity index (χ2v) is 11.5. The molecule has 1 rings (SSSR count). The zero-order chi connectivity index (χ0) is 29.5. The first-order valence-electron chi connectivity index (χ1n) is 15.0. The molecule has 0 saturated carbocycles. The Hall–Kier alpha value is -0.814. The van der Waals surface area contributed by atoms with Gasteiger partial charge in [-0.05, 0) is 43.9 Å². The van der Waals surface area contributed by atoms with E-state index in [0.29, 0.717) is 0 Å². The van der Waals surface area contributed by atoms with Crippen LogP contribution in [-0.4, -0.2) is 38.1 Å². The van der Waals surface area contributed by atoms with Crippen LogP contribution < -0.4 is 51.4 Å². The zero-order valence-corrected chi connectivity index (χ0v) is 29.5. The molecular formula is C32H49KO7S. The summed E-state index contributed by atoms with van der Waals surface area (Å²) in [5.74, 6) is -1.69. The Balaban J connectivity index is 0.0000160. The molecule has 226 valence electrons. The van der Waals surface area contributed by atoms with Crippen LogP contribution in [0.4, 0.5) is 0 Å². The van der Waals surface area contributed by atoms with Crippen LogP contribution in [0.25, 0.3) is 0 Å². The van der Waals surface area contributed by atoms with Gasteiger partial charge >= 0.3 is 63.3 Å². The van der Waals surface area contributed by atoms with Crippen molar-refractivity contribution < 1.29 is 83.4 Å². The standard InChI is InChI=1S/C32H50O7S.K/c1-3-5-7-9-11-13-15-17-19-21-25-38-31(33)29-24-23-28(40(35,36)37)27-30(29)32(34)39-26-22-20-18-16-14-12-10-8-6-4-2;/h19-24,27H,3-18,25-26H2,1-2H3,(H,35,36,37);/q;+1/p-1/b21-19+,22-20+;. The normalized spacial score (nSPS) is 11.6. The first-order chi connectivity index (χ1) is 19.3. The predicted molar refractivity (Wildman–Crippen MR) is 158 cm³/mol. The molecule has 0 radical (unpaired) electrons. The van der Waals surface area contributed by atoms with Crippen molar-refractivity contribution in [3.63, 3.8) is 0 Å². The Morgan fingerprint density at radius 1 is 0.659 bits per heavy atom. The van der Waals surface area contributed by atoms with Crippen molar-refractivity contribution in [3.05, 3.63) is 53.6 Å². The number of allylic oxidation sites excluding steroid dienone is 2. The van der Waals surface area contributed by atoms with Gasteiger partial charge in [-0.25, -0.2) is 18.0 Å². The van der Waals surface area contributed by atoms with Crippen LogP contribution in [0.3, 0.4) is 0 Å². The molecular weight excluding hydrogens is 568 g/mol. The number of unbranched alkanes of at least 4 members (excludes halogenated alkanes) is 14. The Morgan fingerprint density at radius 2 is 1.07 bits per heavy atom. The number of rotatable bonds is 23. The van der Waals surface area contributed by atoms with E-state index in [9.17, 15) is 22.6 Å². The maximum atomic E-state index is 12.7. The van der Waals surface area contributed by atoms with Gasteiger partial charge in [0.2, 0.25) is 0 Å². The molecule has 0 aromatic heterocycles. The minimum atomic E-state index is -4.82. The van der Waals surface area contributed by atoms with Crippen molar-refractivity contribution >= 4 is 22.1 Å². The Bertz CT molecular complexity index is 1020. The monoisotopic (exact) mass is 616 g/mol. The molecule has 0 bridgehead atoms. The van der Waals surface area contributed by atoms with E-state index in [1.165, 1.54) is 70.6 Å². The molecule has 0 aliphatic rings. The van der Waals surface area contributed by atoms with E-state index in [0.717, 1.165) is 50.3 Å². The van der Waals surface area contributed by atoms with Crippen LogP contribution in [-0.2, 0) is 19.6 Å². The average molecular weight is 617 g/mol. The van der Waals surface area contributed by atoms with E-state index in [2.05, 4.69) is 13.8 Å². The molecule has 0 unspecified atom stereocenters. The van der Waals surface area contributed by atoms with Gasteiger partial charge in [-0.2, -0.15) is 0 Å². The molecule has 0 heterocycles. The Morgan fingerprint density at radius 3 is 1.51 bits per heavy atom. The third-order valence-corrected chi connectivity index (χ3v) is 7.45. The van der Waals surface area contributed by atoms with E-state index in [4.69, 9.17) is 9.47 Å². The molecule has 41 heavy (non-hydrogen) atoms. The molecule has 1 aromatic carbocycles. The van der Waals surface area contributed by atoms with Gasteiger partial charge in [0.1, 0.15) is 23.3 Å². The Kier molecular flexibility index (Phi) is 25.2. The number of carbonyl (C=O) groups is 2. The summed E-state index contributed by atoms with van der Waals surface area (Å²) in [6, 6.07) is 2.98. The van der Waals surface area contributed by atoms with Gasteiger partial charge in [-0.3, -0.25) is 0 Å². The Labute approximate surface area is 291 Å². The van der Waals surface area contributed by atoms with E-state index < -0.39 is 27.0 Å². The van der Waals surface area contributed by atoms with Crippen LogP contribution >= 0.6 is 0 Å². The van der Waals surface area contributed by atoms with Crippen LogP contribution in [0, 0.1) is 0 Å². The average Bonchev–Trinajstić information content (AvgIpc) is 2.93. The second kappa shape index (κ2) is 25.7. The number of benzene rings is 1. The summed E-state index contributed by atoms with van der Waals surface area (Å²) in [5, 5.41) is 0. The third kappa shape index (κ3) is 19.9. The summed E-state index contributed by atoms with van der Waals surface area (Å²) in [6.07, 6.45) is 26.2.